The molecule has 0 spiro atoms. The van der Waals surface area contributed by atoms with E-state index < -0.39 is 0 Å². The Bertz CT molecular complexity index is 1280. The maximum absolute atomic E-state index is 13.2. The van der Waals surface area contributed by atoms with Gasteiger partial charge in [0.25, 0.3) is 5.56 Å². The highest BCUT2D eigenvalue weighted by Gasteiger charge is 2.17. The Morgan fingerprint density at radius 1 is 0.970 bits per heavy atom. The van der Waals surface area contributed by atoms with Crippen LogP contribution in [0.5, 0.6) is 5.75 Å². The SMILES string of the molecule is CCCc1[nH]n(-c2ccccc2)c(=O)c1C(C)=Nc1ccc(Nc2ccc(OC)cc2)cc1. The average Bonchev–Trinajstić information content (AvgIpc) is 3.17. The molecule has 0 radical (unpaired) electrons. The van der Waals surface area contributed by atoms with Crippen molar-refractivity contribution in [2.45, 2.75) is 26.7 Å². The van der Waals surface area contributed by atoms with Gasteiger partial charge in [-0.2, -0.15) is 0 Å². The smallest absolute Gasteiger partial charge is 0.280 e. The number of aryl methyl sites for hydroxylation is 1. The van der Waals surface area contributed by atoms with Crippen LogP contribution in [0.4, 0.5) is 17.1 Å². The molecule has 33 heavy (non-hydrogen) atoms. The Hall–Kier alpha value is -4.06. The van der Waals surface area contributed by atoms with Gasteiger partial charge in [0.05, 0.1) is 29.8 Å². The average molecular weight is 441 g/mol. The van der Waals surface area contributed by atoms with E-state index in [1.807, 2.05) is 85.8 Å². The van der Waals surface area contributed by atoms with Crippen LogP contribution in [0.2, 0.25) is 0 Å². The van der Waals surface area contributed by atoms with Crippen molar-refractivity contribution in [3.63, 3.8) is 0 Å². The van der Waals surface area contributed by atoms with Gasteiger partial charge in [0.2, 0.25) is 0 Å². The van der Waals surface area contributed by atoms with Crippen LogP contribution in [0.25, 0.3) is 5.69 Å². The molecule has 0 unspecified atom stereocenters. The maximum Gasteiger partial charge on any atom is 0.280 e. The molecular weight excluding hydrogens is 412 g/mol. The van der Waals surface area contributed by atoms with E-state index in [0.717, 1.165) is 47.0 Å². The first-order valence-corrected chi connectivity index (χ1v) is 11.0. The second-order valence-corrected chi connectivity index (χ2v) is 7.79. The quantitative estimate of drug-likeness (QED) is 0.330. The van der Waals surface area contributed by atoms with Gasteiger partial charge in [0.1, 0.15) is 5.75 Å². The van der Waals surface area contributed by atoms with Crippen molar-refractivity contribution in [1.82, 2.24) is 9.78 Å². The Kier molecular flexibility index (Phi) is 6.74. The zero-order valence-corrected chi connectivity index (χ0v) is 19.1. The van der Waals surface area contributed by atoms with Crippen LogP contribution in [0.1, 0.15) is 31.5 Å². The standard InChI is InChI=1S/C27H28N4O2/c1-4-8-25-26(27(32)31(30-25)23-9-6-5-7-10-23)19(2)28-20-11-13-21(14-12-20)29-22-15-17-24(33-3)18-16-22/h5-7,9-18,29-30H,4,8H2,1-3H3. The van der Waals surface area contributed by atoms with Crippen LogP contribution in [0.15, 0.2) is 88.6 Å². The summed E-state index contributed by atoms with van der Waals surface area (Å²) in [6.45, 7) is 3.99. The first kappa shape index (κ1) is 22.1. The van der Waals surface area contributed by atoms with Crippen molar-refractivity contribution in [3.05, 3.63) is 100 Å². The zero-order chi connectivity index (χ0) is 23.2. The number of hydrogen-bond donors (Lipinski definition) is 2. The number of aliphatic imine (C=N–C) groups is 1. The van der Waals surface area contributed by atoms with Gasteiger partial charge in [-0.3, -0.25) is 14.9 Å². The van der Waals surface area contributed by atoms with Crippen LogP contribution < -0.4 is 15.6 Å². The van der Waals surface area contributed by atoms with Crippen molar-refractivity contribution >= 4 is 22.8 Å². The van der Waals surface area contributed by atoms with Gasteiger partial charge < -0.3 is 10.1 Å². The van der Waals surface area contributed by atoms with Crippen molar-refractivity contribution in [2.24, 2.45) is 4.99 Å². The third kappa shape index (κ3) is 5.06. The van der Waals surface area contributed by atoms with E-state index in [0.29, 0.717) is 11.3 Å². The van der Waals surface area contributed by atoms with Crippen molar-refractivity contribution in [2.75, 3.05) is 12.4 Å². The number of nitrogens with zero attached hydrogens (tertiary/aromatic N) is 2. The predicted octanol–water partition coefficient (Wildman–Crippen LogP) is 6.01. The number of aromatic amines is 1. The summed E-state index contributed by atoms with van der Waals surface area (Å²) in [5, 5.41) is 6.64. The molecule has 3 aromatic carbocycles. The summed E-state index contributed by atoms with van der Waals surface area (Å²) < 4.78 is 6.80. The lowest BCUT2D eigenvalue weighted by molar-refractivity contribution is 0.415. The summed E-state index contributed by atoms with van der Waals surface area (Å²) in [4.78, 5) is 18.0. The van der Waals surface area contributed by atoms with E-state index in [4.69, 9.17) is 9.73 Å². The third-order valence-corrected chi connectivity index (χ3v) is 5.38. The van der Waals surface area contributed by atoms with Crippen LogP contribution in [-0.2, 0) is 6.42 Å². The Balaban J connectivity index is 1.59. The van der Waals surface area contributed by atoms with Crippen molar-refractivity contribution in [1.29, 1.82) is 0 Å². The summed E-state index contributed by atoms with van der Waals surface area (Å²) in [5.41, 5.74) is 5.70. The van der Waals surface area contributed by atoms with Crippen molar-refractivity contribution in [3.8, 4) is 11.4 Å². The fraction of sp³-hybridized carbons (Fsp3) is 0.185. The molecule has 0 aliphatic heterocycles. The van der Waals surface area contributed by atoms with Gasteiger partial charge >= 0.3 is 0 Å². The molecule has 4 aromatic rings. The molecule has 4 rings (SSSR count). The monoisotopic (exact) mass is 440 g/mol. The number of nitrogens with one attached hydrogen (secondary N) is 2. The Labute approximate surface area is 193 Å². The summed E-state index contributed by atoms with van der Waals surface area (Å²) in [5.74, 6) is 0.819. The van der Waals surface area contributed by atoms with Gasteiger partial charge in [0.15, 0.2) is 0 Å². The molecule has 0 atom stereocenters. The Morgan fingerprint density at radius 2 is 1.61 bits per heavy atom. The number of hydrogen-bond acceptors (Lipinski definition) is 4. The number of anilines is 2. The number of ether oxygens (including phenoxy) is 1. The lowest BCUT2D eigenvalue weighted by atomic mass is 10.1. The predicted molar refractivity (Wildman–Crippen MR) is 135 cm³/mol. The van der Waals surface area contributed by atoms with E-state index in [1.54, 1.807) is 11.8 Å². The number of rotatable bonds is 8. The molecule has 6 heteroatoms. The number of aromatic nitrogens is 2. The molecule has 0 aliphatic rings. The van der Waals surface area contributed by atoms with E-state index in [-0.39, 0.29) is 5.56 Å². The molecular formula is C27H28N4O2. The maximum atomic E-state index is 13.2. The van der Waals surface area contributed by atoms with Crippen LogP contribution in [0, 0.1) is 0 Å². The third-order valence-electron chi connectivity index (χ3n) is 5.38. The van der Waals surface area contributed by atoms with Gasteiger partial charge in [-0.15, -0.1) is 0 Å². The first-order valence-electron chi connectivity index (χ1n) is 11.0. The summed E-state index contributed by atoms with van der Waals surface area (Å²) >= 11 is 0. The highest BCUT2D eigenvalue weighted by Crippen LogP contribution is 2.23. The minimum atomic E-state index is -0.0799. The van der Waals surface area contributed by atoms with Gasteiger partial charge in [-0.05, 0) is 74.0 Å². The van der Waals surface area contributed by atoms with E-state index >= 15 is 0 Å². The first-order chi connectivity index (χ1) is 16.1. The Morgan fingerprint density at radius 3 is 2.21 bits per heavy atom. The number of para-hydroxylation sites is 1. The van der Waals surface area contributed by atoms with Crippen LogP contribution >= 0.6 is 0 Å². The van der Waals surface area contributed by atoms with Gasteiger partial charge in [-0.1, -0.05) is 31.5 Å². The molecule has 0 fully saturated rings. The van der Waals surface area contributed by atoms with Crippen molar-refractivity contribution < 1.29 is 4.74 Å². The highest BCUT2D eigenvalue weighted by atomic mass is 16.5. The lowest BCUT2D eigenvalue weighted by Crippen LogP contribution is -2.19. The number of H-pyrrole nitrogens is 1. The molecule has 0 saturated carbocycles. The number of methoxy groups -OCH3 is 1. The molecule has 168 valence electrons. The van der Waals surface area contributed by atoms with E-state index in [1.165, 1.54) is 0 Å². The molecule has 0 amide bonds. The van der Waals surface area contributed by atoms with Gasteiger partial charge in [-0.25, -0.2) is 4.68 Å². The fourth-order valence-electron chi connectivity index (χ4n) is 3.76. The second kappa shape index (κ2) is 10.0. The van der Waals surface area contributed by atoms with Crippen LogP contribution in [0.3, 0.4) is 0 Å². The van der Waals surface area contributed by atoms with E-state index in [2.05, 4.69) is 17.3 Å². The number of benzene rings is 3. The minimum Gasteiger partial charge on any atom is -0.497 e. The largest absolute Gasteiger partial charge is 0.497 e. The van der Waals surface area contributed by atoms with Crippen LogP contribution in [-0.4, -0.2) is 22.6 Å². The molecule has 0 bridgehead atoms. The topological polar surface area (TPSA) is 71.4 Å². The zero-order valence-electron chi connectivity index (χ0n) is 19.1. The van der Waals surface area contributed by atoms with E-state index in [9.17, 15) is 4.79 Å². The second-order valence-electron chi connectivity index (χ2n) is 7.79. The molecule has 1 heterocycles. The minimum absolute atomic E-state index is 0.0799. The molecule has 0 aliphatic carbocycles. The normalized spacial score (nSPS) is 11.4. The highest BCUT2D eigenvalue weighted by molar-refractivity contribution is 6.01. The van der Waals surface area contributed by atoms with Gasteiger partial charge in [0, 0.05) is 17.1 Å². The molecule has 0 saturated heterocycles. The lowest BCUT2D eigenvalue weighted by Gasteiger charge is -2.08. The molecule has 6 nitrogen and oxygen atoms in total. The summed E-state index contributed by atoms with van der Waals surface area (Å²) in [6.07, 6.45) is 1.71. The molecule has 1 aromatic heterocycles. The molecule has 2 N–H and O–H groups in total. The summed E-state index contributed by atoms with van der Waals surface area (Å²) in [7, 11) is 1.65. The summed E-state index contributed by atoms with van der Waals surface area (Å²) in [6, 6.07) is 25.2. The fourth-order valence-corrected chi connectivity index (χ4v) is 3.76.